The first-order valence-electron chi connectivity index (χ1n) is 6.94. The number of carbonyl (C=O) groups is 2. The quantitative estimate of drug-likeness (QED) is 0.871. The van der Waals surface area contributed by atoms with Crippen LogP contribution in [0.5, 0.6) is 0 Å². The molecular weight excluding hydrogens is 273 g/mol. The van der Waals surface area contributed by atoms with Gasteiger partial charge in [-0.2, -0.15) is 0 Å². The molecule has 1 aromatic carbocycles. The van der Waals surface area contributed by atoms with Gasteiger partial charge in [-0.25, -0.2) is 9.18 Å². The van der Waals surface area contributed by atoms with Gasteiger partial charge in [0.2, 0.25) is 5.91 Å². The van der Waals surface area contributed by atoms with Gasteiger partial charge in [0.25, 0.3) is 0 Å². The lowest BCUT2D eigenvalue weighted by atomic mass is 9.92. The van der Waals surface area contributed by atoms with Crippen molar-refractivity contribution in [2.24, 2.45) is 5.92 Å². The molecule has 0 aromatic heterocycles. The molecule has 0 spiro atoms. The fraction of sp³-hybridized carbons (Fsp3) is 0.375. The molecule has 0 radical (unpaired) electrons. The zero-order valence-corrected chi connectivity index (χ0v) is 11.8. The summed E-state index contributed by atoms with van der Waals surface area (Å²) < 4.78 is 13.1. The Balaban J connectivity index is 2.09. The molecule has 2 rings (SSSR count). The van der Waals surface area contributed by atoms with E-state index in [0.29, 0.717) is 24.4 Å². The highest BCUT2D eigenvalue weighted by atomic mass is 19.1. The highest BCUT2D eigenvalue weighted by molar-refractivity contribution is 5.94. The number of piperidine rings is 1. The maximum Gasteiger partial charge on any atom is 0.326 e. The van der Waals surface area contributed by atoms with E-state index in [0.717, 1.165) is 6.42 Å². The molecule has 1 fully saturated rings. The molecule has 1 aliphatic rings. The molecule has 0 bridgehead atoms. The van der Waals surface area contributed by atoms with Crippen molar-refractivity contribution in [1.29, 1.82) is 0 Å². The number of hydrogen-bond acceptors (Lipinski definition) is 2. The Bertz CT molecular complexity index is 570. The number of carbonyl (C=O) groups excluding carboxylic acids is 1. The van der Waals surface area contributed by atoms with Crippen LogP contribution in [0.3, 0.4) is 0 Å². The van der Waals surface area contributed by atoms with Gasteiger partial charge >= 0.3 is 5.97 Å². The second-order valence-electron chi connectivity index (χ2n) is 5.40. The lowest BCUT2D eigenvalue weighted by Crippen LogP contribution is -2.49. The molecule has 1 amide bonds. The number of nitrogens with zero attached hydrogens (tertiary/aromatic N) is 1. The maximum absolute atomic E-state index is 13.1. The van der Waals surface area contributed by atoms with Gasteiger partial charge in [0.05, 0.1) is 0 Å². The average Bonchev–Trinajstić information content (AvgIpc) is 2.44. The summed E-state index contributed by atoms with van der Waals surface area (Å²) in [6.45, 7) is 2.42. The Hall–Kier alpha value is -2.17. The standard InChI is InChI=1S/C16H18FNO3/c1-11-7-8-18(14(9-11)16(20)21)15(19)6-5-12-3-2-4-13(17)10-12/h2-6,10-11,14H,7-9H2,1H3,(H,20,21)/b6-5+. The van der Waals surface area contributed by atoms with Gasteiger partial charge in [-0.15, -0.1) is 0 Å². The summed E-state index contributed by atoms with van der Waals surface area (Å²) in [5.74, 6) is -1.41. The SMILES string of the molecule is CC1CCN(C(=O)/C=C/c2cccc(F)c2)C(C(=O)O)C1. The normalized spacial score (nSPS) is 22.5. The first-order valence-corrected chi connectivity index (χ1v) is 6.94. The van der Waals surface area contributed by atoms with Crippen molar-refractivity contribution in [3.8, 4) is 0 Å². The molecule has 112 valence electrons. The van der Waals surface area contributed by atoms with Gasteiger partial charge in [0.1, 0.15) is 11.9 Å². The largest absolute Gasteiger partial charge is 0.480 e. The van der Waals surface area contributed by atoms with Gasteiger partial charge in [0, 0.05) is 12.6 Å². The van der Waals surface area contributed by atoms with E-state index in [2.05, 4.69) is 0 Å². The molecule has 2 unspecified atom stereocenters. The Morgan fingerprint density at radius 1 is 1.43 bits per heavy atom. The van der Waals surface area contributed by atoms with Crippen LogP contribution in [-0.4, -0.2) is 34.5 Å². The number of aliphatic carboxylic acids is 1. The summed E-state index contributed by atoms with van der Waals surface area (Å²) in [6.07, 6.45) is 4.07. The van der Waals surface area contributed by atoms with Crippen molar-refractivity contribution >= 4 is 18.0 Å². The molecule has 2 atom stereocenters. The minimum atomic E-state index is -0.978. The van der Waals surface area contributed by atoms with Gasteiger partial charge in [-0.3, -0.25) is 4.79 Å². The smallest absolute Gasteiger partial charge is 0.326 e. The van der Waals surface area contributed by atoms with Crippen LogP contribution in [0.2, 0.25) is 0 Å². The van der Waals surface area contributed by atoms with Crippen LogP contribution in [0.4, 0.5) is 4.39 Å². The molecule has 1 aliphatic heterocycles. The molecule has 0 saturated carbocycles. The second-order valence-corrected chi connectivity index (χ2v) is 5.40. The first kappa shape index (κ1) is 15.2. The van der Waals surface area contributed by atoms with Crippen molar-refractivity contribution in [3.05, 3.63) is 41.7 Å². The number of benzene rings is 1. The minimum absolute atomic E-state index is 0.294. The second kappa shape index (κ2) is 6.52. The monoisotopic (exact) mass is 291 g/mol. The molecule has 0 aliphatic carbocycles. The number of likely N-dealkylation sites (tertiary alicyclic amines) is 1. The lowest BCUT2D eigenvalue weighted by Gasteiger charge is -2.35. The first-order chi connectivity index (χ1) is 9.97. The van der Waals surface area contributed by atoms with E-state index in [1.807, 2.05) is 6.92 Å². The summed E-state index contributed by atoms with van der Waals surface area (Å²) in [5.41, 5.74) is 0.570. The highest BCUT2D eigenvalue weighted by Gasteiger charge is 2.33. The number of rotatable bonds is 3. The summed E-state index contributed by atoms with van der Waals surface area (Å²) in [5, 5.41) is 9.23. The minimum Gasteiger partial charge on any atom is -0.480 e. The summed E-state index contributed by atoms with van der Waals surface area (Å²) in [4.78, 5) is 24.8. The Morgan fingerprint density at radius 2 is 2.19 bits per heavy atom. The van der Waals surface area contributed by atoms with E-state index < -0.39 is 12.0 Å². The van der Waals surface area contributed by atoms with Crippen molar-refractivity contribution in [1.82, 2.24) is 4.90 Å². The van der Waals surface area contributed by atoms with Crippen molar-refractivity contribution in [2.45, 2.75) is 25.8 Å². The number of carboxylic acids is 1. The topological polar surface area (TPSA) is 57.6 Å². The van der Waals surface area contributed by atoms with Gasteiger partial charge in [0.15, 0.2) is 0 Å². The molecule has 5 heteroatoms. The third-order valence-corrected chi connectivity index (χ3v) is 3.70. The molecule has 1 aromatic rings. The van der Waals surface area contributed by atoms with Crippen LogP contribution in [-0.2, 0) is 9.59 Å². The van der Waals surface area contributed by atoms with E-state index in [9.17, 15) is 19.1 Å². The van der Waals surface area contributed by atoms with Crippen LogP contribution >= 0.6 is 0 Å². The zero-order chi connectivity index (χ0) is 15.4. The molecule has 1 saturated heterocycles. The van der Waals surface area contributed by atoms with E-state index >= 15 is 0 Å². The summed E-state index contributed by atoms with van der Waals surface area (Å²) >= 11 is 0. The predicted octanol–water partition coefficient (Wildman–Crippen LogP) is 2.55. The average molecular weight is 291 g/mol. The van der Waals surface area contributed by atoms with E-state index in [-0.39, 0.29) is 11.7 Å². The Kier molecular flexibility index (Phi) is 4.73. The Labute approximate surface area is 122 Å². The zero-order valence-electron chi connectivity index (χ0n) is 11.8. The van der Waals surface area contributed by atoms with Crippen molar-refractivity contribution < 1.29 is 19.1 Å². The number of carboxylic acid groups (broad SMARTS) is 1. The third-order valence-electron chi connectivity index (χ3n) is 3.70. The molecule has 1 N–H and O–H groups in total. The lowest BCUT2D eigenvalue weighted by molar-refractivity contribution is -0.151. The molecule has 21 heavy (non-hydrogen) atoms. The maximum atomic E-state index is 13.1. The summed E-state index contributed by atoms with van der Waals surface area (Å²) in [7, 11) is 0. The highest BCUT2D eigenvalue weighted by Crippen LogP contribution is 2.23. The van der Waals surface area contributed by atoms with E-state index in [1.54, 1.807) is 12.1 Å². The fourth-order valence-corrected chi connectivity index (χ4v) is 2.51. The van der Waals surface area contributed by atoms with Crippen LogP contribution in [0.15, 0.2) is 30.3 Å². The number of halogens is 1. The Morgan fingerprint density at radius 3 is 2.86 bits per heavy atom. The summed E-state index contributed by atoms with van der Waals surface area (Å²) in [6, 6.07) is 5.10. The van der Waals surface area contributed by atoms with Gasteiger partial charge in [-0.1, -0.05) is 19.1 Å². The van der Waals surface area contributed by atoms with Gasteiger partial charge in [-0.05, 0) is 42.5 Å². The van der Waals surface area contributed by atoms with Crippen LogP contribution < -0.4 is 0 Å². The molecular formula is C16H18FNO3. The van der Waals surface area contributed by atoms with E-state index in [1.165, 1.54) is 29.2 Å². The van der Waals surface area contributed by atoms with Gasteiger partial charge < -0.3 is 10.0 Å². The third kappa shape index (κ3) is 3.90. The molecule has 1 heterocycles. The van der Waals surface area contributed by atoms with Crippen molar-refractivity contribution in [3.63, 3.8) is 0 Å². The van der Waals surface area contributed by atoms with Crippen LogP contribution in [0.25, 0.3) is 6.08 Å². The van der Waals surface area contributed by atoms with Crippen LogP contribution in [0.1, 0.15) is 25.3 Å². The van der Waals surface area contributed by atoms with Crippen LogP contribution in [0, 0.1) is 11.7 Å². The number of amides is 1. The van der Waals surface area contributed by atoms with Crippen molar-refractivity contribution in [2.75, 3.05) is 6.54 Å². The predicted molar refractivity (Wildman–Crippen MR) is 77.0 cm³/mol. The number of hydrogen-bond donors (Lipinski definition) is 1. The molecule has 4 nitrogen and oxygen atoms in total. The van der Waals surface area contributed by atoms with E-state index in [4.69, 9.17) is 0 Å². The fourth-order valence-electron chi connectivity index (χ4n) is 2.51.